The van der Waals surface area contributed by atoms with Gasteiger partial charge in [0, 0.05) is 12.2 Å². The highest BCUT2D eigenvalue weighted by molar-refractivity contribution is 6.13. The Bertz CT molecular complexity index is 629. The first-order valence-electron chi connectivity index (χ1n) is 7.08. The zero-order valence-corrected chi connectivity index (χ0v) is 12.8. The Morgan fingerprint density at radius 2 is 2.09 bits per heavy atom. The molecule has 0 radical (unpaired) electrons. The molecule has 7 heteroatoms. The van der Waals surface area contributed by atoms with E-state index in [1.807, 2.05) is 0 Å². The number of methoxy groups -OCH3 is 1. The standard InChI is InChI=1S/C16H19NO6/c1-11(14(19)22-2)16(21)12-6-3-4-7-13(12)17(15(16)20)10-23-9-5-8-18/h3-4,6-7,18,21H,1,5,8-10H2,2H3. The van der Waals surface area contributed by atoms with E-state index in [1.54, 1.807) is 24.3 Å². The molecule has 1 aromatic carbocycles. The number of para-hydroxylation sites is 1. The first kappa shape index (κ1) is 17.1. The van der Waals surface area contributed by atoms with Crippen LogP contribution in [0.15, 0.2) is 36.4 Å². The van der Waals surface area contributed by atoms with Gasteiger partial charge in [-0.15, -0.1) is 0 Å². The van der Waals surface area contributed by atoms with Crippen molar-refractivity contribution in [1.82, 2.24) is 0 Å². The molecular weight excluding hydrogens is 302 g/mol. The fourth-order valence-electron chi connectivity index (χ4n) is 2.45. The third-order valence-corrected chi connectivity index (χ3v) is 3.68. The molecule has 124 valence electrons. The number of benzene rings is 1. The molecular formula is C16H19NO6. The summed E-state index contributed by atoms with van der Waals surface area (Å²) >= 11 is 0. The molecule has 1 amide bonds. The number of hydrogen-bond acceptors (Lipinski definition) is 6. The van der Waals surface area contributed by atoms with E-state index in [-0.39, 0.29) is 31.1 Å². The molecule has 7 nitrogen and oxygen atoms in total. The Morgan fingerprint density at radius 1 is 1.39 bits per heavy atom. The molecule has 1 heterocycles. The summed E-state index contributed by atoms with van der Waals surface area (Å²) in [6.45, 7) is 3.66. The molecule has 0 saturated heterocycles. The van der Waals surface area contributed by atoms with Crippen LogP contribution in [0.2, 0.25) is 0 Å². The minimum absolute atomic E-state index is 0.0202. The second-order valence-electron chi connectivity index (χ2n) is 5.05. The number of rotatable bonds is 7. The normalized spacial score (nSPS) is 19.6. The van der Waals surface area contributed by atoms with E-state index in [0.29, 0.717) is 12.1 Å². The van der Waals surface area contributed by atoms with Crippen LogP contribution in [0, 0.1) is 0 Å². The zero-order chi connectivity index (χ0) is 17.0. The van der Waals surface area contributed by atoms with E-state index >= 15 is 0 Å². The van der Waals surface area contributed by atoms with Crippen LogP contribution in [-0.4, -0.2) is 49.1 Å². The van der Waals surface area contributed by atoms with Crippen molar-refractivity contribution in [3.05, 3.63) is 42.0 Å². The van der Waals surface area contributed by atoms with Gasteiger partial charge in [-0.1, -0.05) is 24.8 Å². The van der Waals surface area contributed by atoms with Gasteiger partial charge in [0.15, 0.2) is 0 Å². The number of aliphatic hydroxyl groups is 2. The van der Waals surface area contributed by atoms with Gasteiger partial charge >= 0.3 is 5.97 Å². The van der Waals surface area contributed by atoms with Gasteiger partial charge in [-0.05, 0) is 12.5 Å². The van der Waals surface area contributed by atoms with Gasteiger partial charge < -0.3 is 19.7 Å². The van der Waals surface area contributed by atoms with Crippen molar-refractivity contribution in [2.75, 3.05) is 32.0 Å². The van der Waals surface area contributed by atoms with E-state index < -0.39 is 17.5 Å². The Hall–Kier alpha value is -2.22. The maximum atomic E-state index is 12.7. The van der Waals surface area contributed by atoms with E-state index in [1.165, 1.54) is 4.90 Å². The van der Waals surface area contributed by atoms with Crippen LogP contribution in [0.5, 0.6) is 0 Å². The van der Waals surface area contributed by atoms with Gasteiger partial charge in [0.05, 0.1) is 25.0 Å². The average Bonchev–Trinajstić information content (AvgIpc) is 2.80. The van der Waals surface area contributed by atoms with Crippen molar-refractivity contribution < 1.29 is 29.3 Å². The van der Waals surface area contributed by atoms with Crippen molar-refractivity contribution in [3.8, 4) is 0 Å². The topological polar surface area (TPSA) is 96.3 Å². The van der Waals surface area contributed by atoms with Gasteiger partial charge in [0.2, 0.25) is 5.60 Å². The molecule has 0 bridgehead atoms. The molecule has 23 heavy (non-hydrogen) atoms. The summed E-state index contributed by atoms with van der Waals surface area (Å²) in [5.41, 5.74) is -1.83. The first-order valence-corrected chi connectivity index (χ1v) is 7.08. The molecule has 0 saturated carbocycles. The Morgan fingerprint density at radius 3 is 2.74 bits per heavy atom. The molecule has 2 rings (SSSR count). The molecule has 0 aromatic heterocycles. The van der Waals surface area contributed by atoms with Crippen LogP contribution in [0.1, 0.15) is 12.0 Å². The zero-order valence-electron chi connectivity index (χ0n) is 12.8. The van der Waals surface area contributed by atoms with E-state index in [4.69, 9.17) is 9.84 Å². The lowest BCUT2D eigenvalue weighted by Gasteiger charge is -2.23. The molecule has 0 aliphatic carbocycles. The third kappa shape index (κ3) is 2.86. The number of fused-ring (bicyclic) bond motifs is 1. The van der Waals surface area contributed by atoms with Crippen LogP contribution >= 0.6 is 0 Å². The van der Waals surface area contributed by atoms with Crippen LogP contribution in [0.3, 0.4) is 0 Å². The second kappa shape index (κ2) is 6.91. The largest absolute Gasteiger partial charge is 0.466 e. The van der Waals surface area contributed by atoms with Crippen LogP contribution in [0.4, 0.5) is 5.69 Å². The Balaban J connectivity index is 2.34. The fraction of sp³-hybridized carbons (Fsp3) is 0.375. The number of hydrogen-bond donors (Lipinski definition) is 2. The molecule has 0 fully saturated rings. The molecule has 1 aliphatic rings. The summed E-state index contributed by atoms with van der Waals surface area (Å²) in [5, 5.41) is 19.6. The average molecular weight is 321 g/mol. The summed E-state index contributed by atoms with van der Waals surface area (Å²) in [6, 6.07) is 6.55. The summed E-state index contributed by atoms with van der Waals surface area (Å²) in [5.74, 6) is -1.59. The number of nitrogens with zero attached hydrogens (tertiary/aromatic N) is 1. The van der Waals surface area contributed by atoms with Crippen molar-refractivity contribution in [1.29, 1.82) is 0 Å². The SMILES string of the molecule is C=C(C(=O)OC)C1(O)C(=O)N(COCCCO)c2ccccc21. The fourth-order valence-corrected chi connectivity index (χ4v) is 2.45. The van der Waals surface area contributed by atoms with Gasteiger partial charge in [0.25, 0.3) is 5.91 Å². The molecule has 1 aliphatic heterocycles. The molecule has 1 aromatic rings. The molecule has 2 N–H and O–H groups in total. The highest BCUT2D eigenvalue weighted by Crippen LogP contribution is 2.44. The molecule has 1 unspecified atom stereocenters. The summed E-state index contributed by atoms with van der Waals surface area (Å²) in [7, 11) is 1.15. The predicted octanol–water partition coefficient (Wildman–Crippen LogP) is 0.306. The number of carbonyl (C=O) groups is 2. The maximum Gasteiger partial charge on any atom is 0.336 e. The number of esters is 1. The summed E-state index contributed by atoms with van der Waals surface area (Å²) in [4.78, 5) is 25.7. The van der Waals surface area contributed by atoms with Crippen molar-refractivity contribution in [3.63, 3.8) is 0 Å². The van der Waals surface area contributed by atoms with Gasteiger partial charge in [-0.2, -0.15) is 0 Å². The summed E-state index contributed by atoms with van der Waals surface area (Å²) in [6.07, 6.45) is 0.433. The summed E-state index contributed by atoms with van der Waals surface area (Å²) < 4.78 is 9.91. The van der Waals surface area contributed by atoms with Gasteiger partial charge in [0.1, 0.15) is 6.73 Å². The van der Waals surface area contributed by atoms with Gasteiger partial charge in [-0.25, -0.2) is 4.79 Å². The number of carbonyl (C=O) groups excluding carboxylic acids is 2. The maximum absolute atomic E-state index is 12.7. The van der Waals surface area contributed by atoms with E-state index in [2.05, 4.69) is 11.3 Å². The number of anilines is 1. The second-order valence-corrected chi connectivity index (χ2v) is 5.05. The monoisotopic (exact) mass is 321 g/mol. The highest BCUT2D eigenvalue weighted by Gasteiger charge is 2.53. The van der Waals surface area contributed by atoms with Gasteiger partial charge in [-0.3, -0.25) is 9.69 Å². The van der Waals surface area contributed by atoms with Crippen LogP contribution in [-0.2, 0) is 24.7 Å². The number of ether oxygens (including phenoxy) is 2. The van der Waals surface area contributed by atoms with Crippen molar-refractivity contribution >= 4 is 17.6 Å². The lowest BCUT2D eigenvalue weighted by Crippen LogP contribution is -2.44. The lowest BCUT2D eigenvalue weighted by molar-refractivity contribution is -0.144. The predicted molar refractivity (Wildman–Crippen MR) is 81.5 cm³/mol. The first-order chi connectivity index (χ1) is 11.0. The molecule has 1 atom stereocenters. The van der Waals surface area contributed by atoms with Crippen LogP contribution in [0.25, 0.3) is 0 Å². The van der Waals surface area contributed by atoms with Crippen molar-refractivity contribution in [2.24, 2.45) is 0 Å². The Kier molecular flexibility index (Phi) is 5.15. The minimum Gasteiger partial charge on any atom is -0.466 e. The smallest absolute Gasteiger partial charge is 0.336 e. The van der Waals surface area contributed by atoms with Crippen LogP contribution < -0.4 is 4.90 Å². The highest BCUT2D eigenvalue weighted by atomic mass is 16.5. The van der Waals surface area contributed by atoms with Crippen molar-refractivity contribution in [2.45, 2.75) is 12.0 Å². The number of aliphatic hydroxyl groups excluding tert-OH is 1. The Labute approximate surface area is 133 Å². The lowest BCUT2D eigenvalue weighted by atomic mass is 9.88. The molecule has 0 spiro atoms. The van der Waals surface area contributed by atoms with E-state index in [0.717, 1.165) is 7.11 Å². The number of amides is 1. The quantitative estimate of drug-likeness (QED) is 0.426. The van der Waals surface area contributed by atoms with E-state index in [9.17, 15) is 14.7 Å². The third-order valence-electron chi connectivity index (χ3n) is 3.68. The minimum atomic E-state index is -2.18.